The molecule has 0 unspecified atom stereocenters. The van der Waals surface area contributed by atoms with Gasteiger partial charge in [0.05, 0.1) is 24.2 Å². The SMILES string of the molecule is CCOC(=O)N1CCN(c2ccc([C@H](N)CC)nc2)CC1. The highest BCUT2D eigenvalue weighted by molar-refractivity contribution is 5.68. The molecule has 2 heterocycles. The number of carbonyl (C=O) groups is 1. The molecule has 0 aromatic carbocycles. The largest absolute Gasteiger partial charge is 0.450 e. The van der Waals surface area contributed by atoms with E-state index in [1.165, 1.54) is 0 Å². The third-order valence-electron chi connectivity index (χ3n) is 3.76. The molecule has 2 N–H and O–H groups in total. The van der Waals surface area contributed by atoms with Gasteiger partial charge in [0.1, 0.15) is 0 Å². The Labute approximate surface area is 125 Å². The summed E-state index contributed by atoms with van der Waals surface area (Å²) >= 11 is 0. The molecule has 6 heteroatoms. The molecule has 1 aliphatic heterocycles. The van der Waals surface area contributed by atoms with E-state index in [2.05, 4.69) is 22.9 Å². The molecule has 0 spiro atoms. The van der Waals surface area contributed by atoms with Crippen molar-refractivity contribution in [2.45, 2.75) is 26.3 Å². The van der Waals surface area contributed by atoms with E-state index >= 15 is 0 Å². The van der Waals surface area contributed by atoms with Crippen LogP contribution >= 0.6 is 0 Å². The zero-order valence-electron chi connectivity index (χ0n) is 12.8. The Morgan fingerprint density at radius 2 is 2.05 bits per heavy atom. The maximum absolute atomic E-state index is 11.7. The molecular formula is C15H24N4O2. The number of ether oxygens (including phenoxy) is 1. The fraction of sp³-hybridized carbons (Fsp3) is 0.600. The topological polar surface area (TPSA) is 71.7 Å². The first-order valence-electron chi connectivity index (χ1n) is 7.53. The van der Waals surface area contributed by atoms with E-state index in [0.717, 1.165) is 30.9 Å². The molecule has 1 aliphatic rings. The van der Waals surface area contributed by atoms with E-state index in [1.807, 2.05) is 19.2 Å². The van der Waals surface area contributed by atoms with Crippen LogP contribution in [0.5, 0.6) is 0 Å². The van der Waals surface area contributed by atoms with Gasteiger partial charge in [0.15, 0.2) is 0 Å². The molecule has 21 heavy (non-hydrogen) atoms. The maximum atomic E-state index is 11.7. The van der Waals surface area contributed by atoms with E-state index in [9.17, 15) is 4.79 Å². The van der Waals surface area contributed by atoms with Crippen molar-refractivity contribution in [1.29, 1.82) is 0 Å². The lowest BCUT2D eigenvalue weighted by Gasteiger charge is -2.35. The summed E-state index contributed by atoms with van der Waals surface area (Å²) in [7, 11) is 0. The Morgan fingerprint density at radius 3 is 2.57 bits per heavy atom. The number of carbonyl (C=O) groups excluding carboxylic acids is 1. The number of nitrogens with zero attached hydrogens (tertiary/aromatic N) is 3. The number of aromatic nitrogens is 1. The Hall–Kier alpha value is -1.82. The Morgan fingerprint density at radius 1 is 1.33 bits per heavy atom. The highest BCUT2D eigenvalue weighted by atomic mass is 16.6. The Kier molecular flexibility index (Phi) is 5.38. The van der Waals surface area contributed by atoms with Crippen molar-refractivity contribution in [1.82, 2.24) is 9.88 Å². The van der Waals surface area contributed by atoms with Gasteiger partial charge in [-0.2, -0.15) is 0 Å². The predicted molar refractivity (Wildman–Crippen MR) is 82.3 cm³/mol. The molecule has 1 aromatic heterocycles. The summed E-state index contributed by atoms with van der Waals surface area (Å²) in [6, 6.07) is 4.04. The monoisotopic (exact) mass is 292 g/mol. The van der Waals surface area contributed by atoms with Gasteiger partial charge in [0, 0.05) is 32.2 Å². The number of anilines is 1. The number of rotatable bonds is 4. The van der Waals surface area contributed by atoms with Gasteiger partial charge in [-0.05, 0) is 25.5 Å². The average Bonchev–Trinajstić information content (AvgIpc) is 2.54. The maximum Gasteiger partial charge on any atom is 0.409 e. The van der Waals surface area contributed by atoms with Gasteiger partial charge in [0.2, 0.25) is 0 Å². The first-order chi connectivity index (χ1) is 10.2. The highest BCUT2D eigenvalue weighted by Crippen LogP contribution is 2.18. The first-order valence-corrected chi connectivity index (χ1v) is 7.53. The van der Waals surface area contributed by atoms with Crippen LogP contribution in [0.2, 0.25) is 0 Å². The van der Waals surface area contributed by atoms with E-state index in [0.29, 0.717) is 19.7 Å². The highest BCUT2D eigenvalue weighted by Gasteiger charge is 2.22. The number of piperazine rings is 1. The predicted octanol–water partition coefficient (Wildman–Crippen LogP) is 1.77. The van der Waals surface area contributed by atoms with Crippen LogP contribution in [0.1, 0.15) is 32.0 Å². The van der Waals surface area contributed by atoms with Gasteiger partial charge < -0.3 is 20.3 Å². The fourth-order valence-electron chi connectivity index (χ4n) is 2.38. The third-order valence-corrected chi connectivity index (χ3v) is 3.76. The molecule has 116 valence electrons. The summed E-state index contributed by atoms with van der Waals surface area (Å²) in [6.45, 7) is 7.23. The second-order valence-corrected chi connectivity index (χ2v) is 5.13. The molecule has 1 aromatic rings. The van der Waals surface area contributed by atoms with Crippen LogP contribution in [-0.4, -0.2) is 48.8 Å². The summed E-state index contributed by atoms with van der Waals surface area (Å²) in [4.78, 5) is 20.1. The quantitative estimate of drug-likeness (QED) is 0.915. The standard InChI is InChI=1S/C15H24N4O2/c1-3-13(16)14-6-5-12(11-17-14)18-7-9-19(10-8-18)15(20)21-4-2/h5-6,11,13H,3-4,7-10,16H2,1-2H3/t13-/m1/s1. The van der Waals surface area contributed by atoms with E-state index in [-0.39, 0.29) is 12.1 Å². The summed E-state index contributed by atoms with van der Waals surface area (Å²) in [6.07, 6.45) is 2.52. The molecule has 1 fully saturated rings. The smallest absolute Gasteiger partial charge is 0.409 e. The number of hydrogen-bond donors (Lipinski definition) is 1. The van der Waals surface area contributed by atoms with Crippen molar-refractivity contribution in [2.75, 3.05) is 37.7 Å². The van der Waals surface area contributed by atoms with Gasteiger partial charge in [-0.15, -0.1) is 0 Å². The molecule has 0 bridgehead atoms. The first kappa shape index (κ1) is 15.6. The van der Waals surface area contributed by atoms with Crippen molar-refractivity contribution in [3.63, 3.8) is 0 Å². The normalized spacial score (nSPS) is 16.7. The minimum absolute atomic E-state index is 0.000267. The van der Waals surface area contributed by atoms with Gasteiger partial charge in [-0.1, -0.05) is 6.92 Å². The minimum atomic E-state index is -0.223. The molecule has 1 atom stereocenters. The van der Waals surface area contributed by atoms with E-state index < -0.39 is 0 Å². The van der Waals surface area contributed by atoms with E-state index in [4.69, 9.17) is 10.5 Å². The van der Waals surface area contributed by atoms with Crippen LogP contribution in [0, 0.1) is 0 Å². The number of amides is 1. The molecule has 1 amide bonds. The lowest BCUT2D eigenvalue weighted by atomic mass is 10.1. The zero-order valence-corrected chi connectivity index (χ0v) is 12.8. The van der Waals surface area contributed by atoms with Crippen molar-refractivity contribution >= 4 is 11.8 Å². The summed E-state index contributed by atoms with van der Waals surface area (Å²) in [5.74, 6) is 0. The summed E-state index contributed by atoms with van der Waals surface area (Å²) < 4.78 is 5.02. The lowest BCUT2D eigenvalue weighted by molar-refractivity contribution is 0.105. The second kappa shape index (κ2) is 7.26. The van der Waals surface area contributed by atoms with Crippen LogP contribution < -0.4 is 10.6 Å². The van der Waals surface area contributed by atoms with Crippen molar-refractivity contribution in [3.8, 4) is 0 Å². The lowest BCUT2D eigenvalue weighted by Crippen LogP contribution is -2.49. The summed E-state index contributed by atoms with van der Waals surface area (Å²) in [5.41, 5.74) is 7.97. The molecule has 0 aliphatic carbocycles. The number of nitrogens with two attached hydrogens (primary N) is 1. The second-order valence-electron chi connectivity index (χ2n) is 5.13. The van der Waals surface area contributed by atoms with Gasteiger partial charge in [0.25, 0.3) is 0 Å². The van der Waals surface area contributed by atoms with Gasteiger partial charge >= 0.3 is 6.09 Å². The molecule has 0 radical (unpaired) electrons. The van der Waals surface area contributed by atoms with Crippen LogP contribution in [0.4, 0.5) is 10.5 Å². The van der Waals surface area contributed by atoms with Gasteiger partial charge in [-0.3, -0.25) is 4.98 Å². The molecule has 6 nitrogen and oxygen atoms in total. The molecule has 0 saturated carbocycles. The van der Waals surface area contributed by atoms with Crippen molar-refractivity contribution in [2.24, 2.45) is 5.73 Å². The van der Waals surface area contributed by atoms with Gasteiger partial charge in [-0.25, -0.2) is 4.79 Å². The van der Waals surface area contributed by atoms with E-state index in [1.54, 1.807) is 4.90 Å². The van der Waals surface area contributed by atoms with Crippen LogP contribution in [0.15, 0.2) is 18.3 Å². The van der Waals surface area contributed by atoms with Crippen molar-refractivity contribution in [3.05, 3.63) is 24.0 Å². The zero-order chi connectivity index (χ0) is 15.2. The molecule has 1 saturated heterocycles. The Bertz CT molecular complexity index is 455. The van der Waals surface area contributed by atoms with Crippen molar-refractivity contribution < 1.29 is 9.53 Å². The number of hydrogen-bond acceptors (Lipinski definition) is 5. The molecular weight excluding hydrogens is 268 g/mol. The fourth-order valence-corrected chi connectivity index (χ4v) is 2.38. The van der Waals surface area contributed by atoms with Crippen LogP contribution in [0.25, 0.3) is 0 Å². The minimum Gasteiger partial charge on any atom is -0.450 e. The molecule has 2 rings (SSSR count). The summed E-state index contributed by atoms with van der Waals surface area (Å²) in [5, 5.41) is 0. The average molecular weight is 292 g/mol. The van der Waals surface area contributed by atoms with Crippen LogP contribution in [-0.2, 0) is 4.74 Å². The number of pyridine rings is 1. The van der Waals surface area contributed by atoms with Crippen LogP contribution in [0.3, 0.4) is 0 Å². The Balaban J connectivity index is 1.91. The third kappa shape index (κ3) is 3.85.